The summed E-state index contributed by atoms with van der Waals surface area (Å²) in [5.74, 6) is 0.701. The molecule has 2 aromatic rings. The van der Waals surface area contributed by atoms with Gasteiger partial charge in [0.2, 0.25) is 0 Å². The highest BCUT2D eigenvalue weighted by molar-refractivity contribution is 6.04. The number of hydrogen-bond donors (Lipinski definition) is 1. The van der Waals surface area contributed by atoms with E-state index < -0.39 is 0 Å². The molecule has 1 amide bonds. The molecule has 3 rings (SSSR count). The van der Waals surface area contributed by atoms with E-state index in [0.29, 0.717) is 5.56 Å². The second-order valence-electron chi connectivity index (χ2n) is 5.97. The molecular weight excluding hydrogens is 324 g/mol. The molecule has 4 nitrogen and oxygen atoms in total. The van der Waals surface area contributed by atoms with Gasteiger partial charge in [-0.05, 0) is 44.2 Å². The lowest BCUT2D eigenvalue weighted by atomic mass is 10.1. The maximum atomic E-state index is 12.2. The molecule has 0 spiro atoms. The number of nitrogens with zero attached hydrogens (tertiary/aromatic N) is 1. The van der Waals surface area contributed by atoms with E-state index >= 15 is 0 Å². The molecule has 1 fully saturated rings. The molecule has 0 radical (unpaired) electrons. The van der Waals surface area contributed by atoms with Crippen LogP contribution in [0.2, 0.25) is 0 Å². The molecule has 128 valence electrons. The van der Waals surface area contributed by atoms with Crippen molar-refractivity contribution in [2.24, 2.45) is 0 Å². The van der Waals surface area contributed by atoms with Crippen LogP contribution in [0.3, 0.4) is 0 Å². The highest BCUT2D eigenvalue weighted by Crippen LogP contribution is 2.22. The highest BCUT2D eigenvalue weighted by Gasteiger charge is 2.18. The van der Waals surface area contributed by atoms with E-state index in [-0.39, 0.29) is 24.4 Å². The normalized spacial score (nSPS) is 15.4. The summed E-state index contributed by atoms with van der Waals surface area (Å²) in [4.78, 5) is 14.5. The third-order valence-electron chi connectivity index (χ3n) is 4.10. The molecule has 1 N–H and O–H groups in total. The predicted molar refractivity (Wildman–Crippen MR) is 99.2 cm³/mol. The Morgan fingerprint density at radius 1 is 1.08 bits per heavy atom. The average molecular weight is 347 g/mol. The van der Waals surface area contributed by atoms with Gasteiger partial charge in [0.25, 0.3) is 5.91 Å². The third-order valence-corrected chi connectivity index (χ3v) is 4.10. The van der Waals surface area contributed by atoms with Gasteiger partial charge < -0.3 is 15.0 Å². The first kappa shape index (κ1) is 18.3. The number of amides is 1. The Morgan fingerprint density at radius 3 is 2.50 bits per heavy atom. The zero-order valence-corrected chi connectivity index (χ0v) is 14.6. The van der Waals surface area contributed by atoms with Crippen LogP contribution in [0.1, 0.15) is 23.2 Å². The van der Waals surface area contributed by atoms with Gasteiger partial charge in [-0.3, -0.25) is 4.79 Å². The highest BCUT2D eigenvalue weighted by atomic mass is 35.5. The van der Waals surface area contributed by atoms with Crippen molar-refractivity contribution >= 4 is 24.0 Å². The number of hydrogen-bond acceptors (Lipinski definition) is 3. The minimum Gasteiger partial charge on any atom is -0.490 e. The molecular formula is C19H23ClN2O2. The molecule has 1 saturated heterocycles. The number of ether oxygens (including phenoxy) is 1. The summed E-state index contributed by atoms with van der Waals surface area (Å²) >= 11 is 0. The number of piperidine rings is 1. The number of anilines is 1. The maximum Gasteiger partial charge on any atom is 0.255 e. The Morgan fingerprint density at radius 2 is 1.79 bits per heavy atom. The first-order valence-electron chi connectivity index (χ1n) is 8.02. The van der Waals surface area contributed by atoms with Gasteiger partial charge in [-0.2, -0.15) is 0 Å². The van der Waals surface area contributed by atoms with Gasteiger partial charge in [-0.1, -0.05) is 24.3 Å². The lowest BCUT2D eigenvalue weighted by Gasteiger charge is -2.29. The largest absolute Gasteiger partial charge is 0.490 e. The van der Waals surface area contributed by atoms with Gasteiger partial charge in [-0.15, -0.1) is 12.4 Å². The Balaban J connectivity index is 0.00000208. The first-order chi connectivity index (χ1) is 11.2. The molecule has 0 aromatic heterocycles. The number of benzene rings is 2. The van der Waals surface area contributed by atoms with Crippen LogP contribution in [-0.2, 0) is 0 Å². The number of rotatable bonds is 4. The molecule has 24 heavy (non-hydrogen) atoms. The summed E-state index contributed by atoms with van der Waals surface area (Å²) in [6.07, 6.45) is 2.33. The average Bonchev–Trinajstić information content (AvgIpc) is 2.58. The smallest absolute Gasteiger partial charge is 0.255 e. The van der Waals surface area contributed by atoms with Crippen LogP contribution in [0.5, 0.6) is 5.75 Å². The predicted octanol–water partition coefficient (Wildman–Crippen LogP) is 3.83. The Kier molecular flexibility index (Phi) is 6.64. The zero-order chi connectivity index (χ0) is 16.1. The van der Waals surface area contributed by atoms with Gasteiger partial charge in [0.15, 0.2) is 0 Å². The van der Waals surface area contributed by atoms with Gasteiger partial charge in [-0.25, -0.2) is 0 Å². The van der Waals surface area contributed by atoms with Crippen molar-refractivity contribution in [3.05, 3.63) is 60.2 Å². The van der Waals surface area contributed by atoms with E-state index in [0.717, 1.165) is 37.4 Å². The monoisotopic (exact) mass is 346 g/mol. The van der Waals surface area contributed by atoms with Crippen molar-refractivity contribution in [1.82, 2.24) is 4.90 Å². The van der Waals surface area contributed by atoms with Gasteiger partial charge in [0.05, 0.1) is 0 Å². The number of likely N-dealkylation sites (tertiary alicyclic amines) is 1. The summed E-state index contributed by atoms with van der Waals surface area (Å²) in [5, 5.41) is 2.92. The number of carbonyl (C=O) groups excluding carboxylic acids is 1. The Hall–Kier alpha value is -2.04. The van der Waals surface area contributed by atoms with Crippen molar-refractivity contribution in [3.8, 4) is 5.75 Å². The standard InChI is InChI=1S/C19H22N2O2.ClH/c1-21-12-10-17(11-13-21)23-18-9-5-8-16(14-18)20-19(22)15-6-3-2-4-7-15;/h2-9,14,17H,10-13H2,1H3,(H,20,22);1H. The van der Waals surface area contributed by atoms with Crippen LogP contribution < -0.4 is 10.1 Å². The summed E-state index contributed by atoms with van der Waals surface area (Å²) in [6, 6.07) is 16.8. The second kappa shape index (κ2) is 8.71. The molecule has 1 heterocycles. The van der Waals surface area contributed by atoms with Crippen LogP contribution in [0.15, 0.2) is 54.6 Å². The molecule has 1 aliphatic heterocycles. The molecule has 1 aliphatic rings. The van der Waals surface area contributed by atoms with E-state index in [9.17, 15) is 4.79 Å². The van der Waals surface area contributed by atoms with Crippen molar-refractivity contribution < 1.29 is 9.53 Å². The second-order valence-corrected chi connectivity index (χ2v) is 5.97. The van der Waals surface area contributed by atoms with Crippen LogP contribution in [0.4, 0.5) is 5.69 Å². The maximum absolute atomic E-state index is 12.2. The van der Waals surface area contributed by atoms with Gasteiger partial charge >= 0.3 is 0 Å². The van der Waals surface area contributed by atoms with E-state index in [4.69, 9.17) is 4.74 Å². The van der Waals surface area contributed by atoms with Gasteiger partial charge in [0, 0.05) is 30.4 Å². The van der Waals surface area contributed by atoms with Crippen molar-refractivity contribution in [1.29, 1.82) is 0 Å². The fraction of sp³-hybridized carbons (Fsp3) is 0.316. The summed E-state index contributed by atoms with van der Waals surface area (Å²) in [6.45, 7) is 2.13. The molecule has 5 heteroatoms. The van der Waals surface area contributed by atoms with Crippen molar-refractivity contribution in [2.75, 3.05) is 25.5 Å². The van der Waals surface area contributed by atoms with E-state index in [2.05, 4.69) is 17.3 Å². The SMILES string of the molecule is CN1CCC(Oc2cccc(NC(=O)c3ccccc3)c2)CC1.Cl. The topological polar surface area (TPSA) is 41.6 Å². The van der Waals surface area contributed by atoms with Crippen LogP contribution in [0, 0.1) is 0 Å². The molecule has 0 aliphatic carbocycles. The lowest BCUT2D eigenvalue weighted by Crippen LogP contribution is -2.35. The first-order valence-corrected chi connectivity index (χ1v) is 8.02. The Labute approximate surface area is 149 Å². The fourth-order valence-corrected chi connectivity index (χ4v) is 2.74. The fourth-order valence-electron chi connectivity index (χ4n) is 2.74. The summed E-state index contributed by atoms with van der Waals surface area (Å²) < 4.78 is 6.05. The molecule has 0 saturated carbocycles. The molecule has 0 atom stereocenters. The minimum absolute atomic E-state index is 0. The van der Waals surface area contributed by atoms with Crippen LogP contribution in [0.25, 0.3) is 0 Å². The number of carbonyl (C=O) groups is 1. The minimum atomic E-state index is -0.109. The quantitative estimate of drug-likeness (QED) is 0.914. The molecule has 0 bridgehead atoms. The van der Waals surface area contributed by atoms with Crippen molar-refractivity contribution in [3.63, 3.8) is 0 Å². The van der Waals surface area contributed by atoms with Crippen molar-refractivity contribution in [2.45, 2.75) is 18.9 Å². The Bertz CT molecular complexity index is 655. The molecule has 2 aromatic carbocycles. The van der Waals surface area contributed by atoms with E-state index in [1.54, 1.807) is 12.1 Å². The zero-order valence-electron chi connectivity index (χ0n) is 13.8. The summed E-state index contributed by atoms with van der Waals surface area (Å²) in [5.41, 5.74) is 1.40. The van der Waals surface area contributed by atoms with E-state index in [1.165, 1.54) is 0 Å². The van der Waals surface area contributed by atoms with E-state index in [1.807, 2.05) is 42.5 Å². The molecule has 0 unspecified atom stereocenters. The van der Waals surface area contributed by atoms with Crippen LogP contribution in [-0.4, -0.2) is 37.0 Å². The number of halogens is 1. The third kappa shape index (κ3) is 4.98. The van der Waals surface area contributed by atoms with Gasteiger partial charge in [0.1, 0.15) is 11.9 Å². The van der Waals surface area contributed by atoms with Crippen LogP contribution >= 0.6 is 12.4 Å². The number of nitrogens with one attached hydrogen (secondary N) is 1. The summed E-state index contributed by atoms with van der Waals surface area (Å²) in [7, 11) is 2.13. The lowest BCUT2D eigenvalue weighted by molar-refractivity contribution is 0.102.